The van der Waals surface area contributed by atoms with Crippen molar-refractivity contribution in [2.75, 3.05) is 5.73 Å². The highest BCUT2D eigenvalue weighted by molar-refractivity contribution is 5.96. The molecule has 0 fully saturated rings. The van der Waals surface area contributed by atoms with Gasteiger partial charge < -0.3 is 10.2 Å². The van der Waals surface area contributed by atoms with Gasteiger partial charge in [-0.1, -0.05) is 12.1 Å². The van der Waals surface area contributed by atoms with Crippen LogP contribution >= 0.6 is 0 Å². The number of amides is 1. The number of nitrogens with two attached hydrogens (primary N) is 1. The largest absolute Gasteiger partial charge is 0.455 e. The number of nitrogen functional groups attached to an aromatic ring is 1. The Morgan fingerprint density at radius 3 is 2.80 bits per heavy atom. The minimum Gasteiger partial charge on any atom is -0.455 e. The molecular weight excluding hydrogens is 332 g/mol. The Morgan fingerprint density at radius 2 is 2.08 bits per heavy atom. The van der Waals surface area contributed by atoms with Crippen molar-refractivity contribution in [2.45, 2.75) is 0 Å². The number of aromatic nitrogens is 2. The third kappa shape index (κ3) is 3.34. The number of hydrazone groups is 1. The van der Waals surface area contributed by atoms with E-state index in [1.165, 1.54) is 12.3 Å². The average Bonchev–Trinajstić information content (AvgIpc) is 3.23. The summed E-state index contributed by atoms with van der Waals surface area (Å²) in [7, 11) is 0. The van der Waals surface area contributed by atoms with E-state index in [1.807, 2.05) is 0 Å². The highest BCUT2D eigenvalue weighted by Crippen LogP contribution is 2.30. The van der Waals surface area contributed by atoms with Gasteiger partial charge in [-0.15, -0.1) is 0 Å². The first-order chi connectivity index (χ1) is 12.1. The minimum absolute atomic E-state index is 0.0809. The summed E-state index contributed by atoms with van der Waals surface area (Å²) >= 11 is 0. The van der Waals surface area contributed by atoms with Gasteiger partial charge in [-0.25, -0.2) is 10.1 Å². The average molecular weight is 342 g/mol. The maximum Gasteiger partial charge on any atom is 0.297 e. The van der Waals surface area contributed by atoms with E-state index in [-0.39, 0.29) is 23.0 Å². The number of furan rings is 1. The number of carbonyl (C=O) groups excluding carboxylic acids is 1. The summed E-state index contributed by atoms with van der Waals surface area (Å²) in [6, 6.07) is 9.28. The maximum atomic E-state index is 11.7. The quantitative estimate of drug-likeness (QED) is 0.401. The van der Waals surface area contributed by atoms with E-state index in [0.29, 0.717) is 11.3 Å². The van der Waals surface area contributed by atoms with Gasteiger partial charge in [0.1, 0.15) is 11.5 Å². The van der Waals surface area contributed by atoms with Gasteiger partial charge in [-0.05, 0) is 28.5 Å². The zero-order chi connectivity index (χ0) is 17.8. The van der Waals surface area contributed by atoms with Crippen molar-refractivity contribution in [3.63, 3.8) is 0 Å². The summed E-state index contributed by atoms with van der Waals surface area (Å²) in [5, 5.41) is 21.3. The highest BCUT2D eigenvalue weighted by Gasteiger charge is 2.17. The maximum absolute atomic E-state index is 11.7. The molecule has 0 bridgehead atoms. The van der Waals surface area contributed by atoms with Gasteiger partial charge in [-0.2, -0.15) is 5.10 Å². The zero-order valence-electron chi connectivity index (χ0n) is 12.4. The van der Waals surface area contributed by atoms with Crippen molar-refractivity contribution in [1.29, 1.82) is 0 Å². The summed E-state index contributed by atoms with van der Waals surface area (Å²) in [4.78, 5) is 22.2. The molecule has 0 saturated carbocycles. The lowest BCUT2D eigenvalue weighted by atomic mass is 10.1. The first-order valence-corrected chi connectivity index (χ1v) is 6.81. The Balaban J connectivity index is 1.73. The summed E-state index contributed by atoms with van der Waals surface area (Å²) < 4.78 is 9.78. The molecule has 0 aliphatic carbocycles. The van der Waals surface area contributed by atoms with Gasteiger partial charge in [-0.3, -0.25) is 14.9 Å². The Labute approximate surface area is 139 Å². The molecule has 25 heavy (non-hydrogen) atoms. The van der Waals surface area contributed by atoms with Crippen molar-refractivity contribution < 1.29 is 18.8 Å². The van der Waals surface area contributed by atoms with Crippen LogP contribution in [0.3, 0.4) is 0 Å². The number of anilines is 1. The molecule has 0 aliphatic heterocycles. The molecule has 0 aliphatic rings. The molecule has 126 valence electrons. The molecule has 0 unspecified atom stereocenters. The standard InChI is InChI=1S/C14H10N6O5/c15-13-12(18-25-19-13)14(21)17-16-7-8-5-6-11(24-8)9-3-1-2-4-10(9)20(22)23/h1-7H,(H2,15,19)(H,17,21)/b16-7-. The number of hydrogen-bond donors (Lipinski definition) is 2. The van der Waals surface area contributed by atoms with Crippen LogP contribution < -0.4 is 11.2 Å². The fourth-order valence-electron chi connectivity index (χ4n) is 1.97. The van der Waals surface area contributed by atoms with Crippen LogP contribution in [0.5, 0.6) is 0 Å². The van der Waals surface area contributed by atoms with E-state index in [4.69, 9.17) is 10.2 Å². The van der Waals surface area contributed by atoms with E-state index in [0.717, 1.165) is 0 Å². The smallest absolute Gasteiger partial charge is 0.297 e. The molecule has 11 heteroatoms. The minimum atomic E-state index is -0.708. The number of nitrogens with zero attached hydrogens (tertiary/aromatic N) is 4. The SMILES string of the molecule is Nc1nonc1C(=O)N/N=C\c1ccc(-c2ccccc2[N+](=O)[O-])o1. The van der Waals surface area contributed by atoms with Crippen LogP contribution in [0.25, 0.3) is 11.3 Å². The van der Waals surface area contributed by atoms with Crippen LogP contribution in [0.4, 0.5) is 11.5 Å². The second kappa shape index (κ2) is 6.62. The number of benzene rings is 1. The monoisotopic (exact) mass is 342 g/mol. The lowest BCUT2D eigenvalue weighted by Crippen LogP contribution is -2.19. The van der Waals surface area contributed by atoms with Crippen LogP contribution in [0, 0.1) is 10.1 Å². The topological polar surface area (TPSA) is 163 Å². The van der Waals surface area contributed by atoms with Crippen molar-refractivity contribution in [1.82, 2.24) is 15.7 Å². The highest BCUT2D eigenvalue weighted by atomic mass is 16.6. The zero-order valence-corrected chi connectivity index (χ0v) is 12.4. The number of para-hydroxylation sites is 1. The fraction of sp³-hybridized carbons (Fsp3) is 0. The van der Waals surface area contributed by atoms with Crippen LogP contribution in [0.2, 0.25) is 0 Å². The normalized spacial score (nSPS) is 10.9. The third-order valence-corrected chi connectivity index (χ3v) is 3.08. The molecule has 1 amide bonds. The van der Waals surface area contributed by atoms with E-state index >= 15 is 0 Å². The molecule has 2 heterocycles. The number of nitro groups is 1. The number of hydrogen-bond acceptors (Lipinski definition) is 9. The first-order valence-electron chi connectivity index (χ1n) is 6.81. The molecule has 1 aromatic carbocycles. The van der Waals surface area contributed by atoms with E-state index < -0.39 is 10.8 Å². The van der Waals surface area contributed by atoms with Crippen LogP contribution in [-0.4, -0.2) is 27.4 Å². The second-order valence-corrected chi connectivity index (χ2v) is 4.67. The number of nitro benzene ring substituents is 1. The van der Waals surface area contributed by atoms with Gasteiger partial charge in [0.05, 0.1) is 16.7 Å². The van der Waals surface area contributed by atoms with Gasteiger partial charge >= 0.3 is 0 Å². The number of nitrogens with one attached hydrogen (secondary N) is 1. The molecule has 2 aromatic heterocycles. The van der Waals surface area contributed by atoms with Crippen molar-refractivity contribution in [3.8, 4) is 11.3 Å². The third-order valence-electron chi connectivity index (χ3n) is 3.08. The molecule has 0 atom stereocenters. The lowest BCUT2D eigenvalue weighted by molar-refractivity contribution is -0.384. The van der Waals surface area contributed by atoms with E-state index in [9.17, 15) is 14.9 Å². The lowest BCUT2D eigenvalue weighted by Gasteiger charge is -1.98. The summed E-state index contributed by atoms with van der Waals surface area (Å²) in [5.41, 5.74) is 7.60. The predicted octanol–water partition coefficient (Wildman–Crippen LogP) is 1.58. The molecule has 3 rings (SSSR count). The van der Waals surface area contributed by atoms with Crippen LogP contribution in [-0.2, 0) is 0 Å². The molecular formula is C14H10N6O5. The molecule has 3 aromatic rings. The first kappa shape index (κ1) is 15.9. The Kier molecular flexibility index (Phi) is 4.20. The summed E-state index contributed by atoms with van der Waals surface area (Å²) in [6.45, 7) is 0. The Morgan fingerprint density at radius 1 is 1.28 bits per heavy atom. The van der Waals surface area contributed by atoms with Crippen molar-refractivity contribution in [3.05, 3.63) is 58.0 Å². The molecule has 0 radical (unpaired) electrons. The molecule has 11 nitrogen and oxygen atoms in total. The van der Waals surface area contributed by atoms with Crippen LogP contribution in [0.1, 0.15) is 16.2 Å². The fourth-order valence-corrected chi connectivity index (χ4v) is 1.97. The van der Waals surface area contributed by atoms with Crippen LogP contribution in [0.15, 0.2) is 50.5 Å². The van der Waals surface area contributed by atoms with E-state index in [1.54, 1.807) is 30.3 Å². The predicted molar refractivity (Wildman–Crippen MR) is 84.6 cm³/mol. The number of rotatable bonds is 5. The summed E-state index contributed by atoms with van der Waals surface area (Å²) in [5.74, 6) is -0.297. The molecule has 0 spiro atoms. The van der Waals surface area contributed by atoms with Gasteiger partial charge in [0, 0.05) is 6.07 Å². The van der Waals surface area contributed by atoms with Gasteiger partial charge in [0.25, 0.3) is 11.6 Å². The Hall–Kier alpha value is -4.02. The van der Waals surface area contributed by atoms with E-state index in [2.05, 4.69) is 25.5 Å². The second-order valence-electron chi connectivity index (χ2n) is 4.67. The van der Waals surface area contributed by atoms with Crippen molar-refractivity contribution in [2.24, 2.45) is 5.10 Å². The number of carbonyl (C=O) groups is 1. The van der Waals surface area contributed by atoms with Gasteiger partial charge in [0.15, 0.2) is 0 Å². The molecule has 0 saturated heterocycles. The molecule has 3 N–H and O–H groups in total. The van der Waals surface area contributed by atoms with Gasteiger partial charge in [0.2, 0.25) is 11.5 Å². The van der Waals surface area contributed by atoms with Crippen molar-refractivity contribution >= 4 is 23.6 Å². The Bertz CT molecular complexity index is 960. The summed E-state index contributed by atoms with van der Waals surface area (Å²) in [6.07, 6.45) is 1.22.